The van der Waals surface area contributed by atoms with Crippen LogP contribution in [0.5, 0.6) is 0 Å². The van der Waals surface area contributed by atoms with Gasteiger partial charge in [0.25, 0.3) is 5.56 Å². The summed E-state index contributed by atoms with van der Waals surface area (Å²) in [6, 6.07) is 12.1. The van der Waals surface area contributed by atoms with Crippen LogP contribution in [0.1, 0.15) is 37.1 Å². The van der Waals surface area contributed by atoms with E-state index in [0.717, 1.165) is 25.1 Å². The van der Waals surface area contributed by atoms with E-state index < -0.39 is 0 Å². The van der Waals surface area contributed by atoms with Gasteiger partial charge in [-0.05, 0) is 31.7 Å². The van der Waals surface area contributed by atoms with Gasteiger partial charge in [0, 0.05) is 18.0 Å². The van der Waals surface area contributed by atoms with E-state index in [0.29, 0.717) is 11.7 Å². The molecule has 1 aromatic heterocycles. The fourth-order valence-corrected chi connectivity index (χ4v) is 2.37. The third-order valence-corrected chi connectivity index (χ3v) is 3.50. The van der Waals surface area contributed by atoms with Crippen LogP contribution in [0.4, 0.5) is 5.82 Å². The van der Waals surface area contributed by atoms with Crippen LogP contribution >= 0.6 is 0 Å². The van der Waals surface area contributed by atoms with Gasteiger partial charge in [0.15, 0.2) is 0 Å². The maximum atomic E-state index is 11.6. The Morgan fingerprint density at radius 1 is 1.35 bits per heavy atom. The molecule has 0 spiro atoms. The monoisotopic (exact) mass is 269 g/mol. The molecule has 4 heteroatoms. The van der Waals surface area contributed by atoms with E-state index in [-0.39, 0.29) is 11.6 Å². The molecule has 0 bridgehead atoms. The third-order valence-electron chi connectivity index (χ3n) is 3.50. The second-order valence-electron chi connectivity index (χ2n) is 5.53. The minimum Gasteiger partial charge on any atom is -0.367 e. The molecule has 1 unspecified atom stereocenters. The molecule has 1 atom stereocenters. The molecular formula is C16H19N3O. The lowest BCUT2D eigenvalue weighted by atomic mass is 10.1. The van der Waals surface area contributed by atoms with Gasteiger partial charge in [0.2, 0.25) is 0 Å². The van der Waals surface area contributed by atoms with Crippen molar-refractivity contribution in [2.45, 2.75) is 38.1 Å². The summed E-state index contributed by atoms with van der Waals surface area (Å²) in [5, 5.41) is 3.32. The van der Waals surface area contributed by atoms with Crippen LogP contribution < -0.4 is 10.9 Å². The first-order valence-electron chi connectivity index (χ1n) is 7.12. The fraction of sp³-hybridized carbons (Fsp3) is 0.375. The van der Waals surface area contributed by atoms with Gasteiger partial charge in [-0.1, -0.05) is 30.3 Å². The minimum atomic E-state index is -0.0729. The smallest absolute Gasteiger partial charge is 0.252 e. The molecule has 3 rings (SSSR count). The number of nitrogens with zero attached hydrogens (tertiary/aromatic N) is 1. The number of benzene rings is 1. The van der Waals surface area contributed by atoms with Crippen molar-refractivity contribution in [3.05, 3.63) is 58.1 Å². The van der Waals surface area contributed by atoms with E-state index in [1.807, 2.05) is 18.2 Å². The van der Waals surface area contributed by atoms with Crippen molar-refractivity contribution in [3.63, 3.8) is 0 Å². The largest absolute Gasteiger partial charge is 0.367 e. The highest BCUT2D eigenvalue weighted by Crippen LogP contribution is 2.37. The SMILES string of the molecule is CC(Cc1ccccc1)Nc1cc(=O)[nH]c(C2CC2)n1. The Hall–Kier alpha value is -2.10. The van der Waals surface area contributed by atoms with Crippen LogP contribution in [-0.4, -0.2) is 16.0 Å². The summed E-state index contributed by atoms with van der Waals surface area (Å²) < 4.78 is 0. The van der Waals surface area contributed by atoms with E-state index in [1.54, 1.807) is 0 Å². The van der Waals surface area contributed by atoms with Crippen LogP contribution in [-0.2, 0) is 6.42 Å². The third kappa shape index (κ3) is 3.26. The zero-order chi connectivity index (χ0) is 13.9. The molecule has 104 valence electrons. The summed E-state index contributed by atoms with van der Waals surface area (Å²) in [4.78, 5) is 19.0. The number of aromatic amines is 1. The molecule has 1 heterocycles. The summed E-state index contributed by atoms with van der Waals surface area (Å²) in [5.41, 5.74) is 1.20. The van der Waals surface area contributed by atoms with E-state index in [9.17, 15) is 4.79 Å². The van der Waals surface area contributed by atoms with Crippen molar-refractivity contribution in [2.75, 3.05) is 5.32 Å². The Kier molecular flexibility index (Phi) is 3.54. The van der Waals surface area contributed by atoms with Crippen LogP contribution in [0.3, 0.4) is 0 Å². The first kappa shape index (κ1) is 12.9. The van der Waals surface area contributed by atoms with E-state index in [1.165, 1.54) is 11.6 Å². The van der Waals surface area contributed by atoms with E-state index >= 15 is 0 Å². The maximum absolute atomic E-state index is 11.6. The Labute approximate surface area is 118 Å². The topological polar surface area (TPSA) is 57.8 Å². The van der Waals surface area contributed by atoms with Crippen LogP contribution in [0, 0.1) is 0 Å². The predicted molar refractivity (Wildman–Crippen MR) is 80.1 cm³/mol. The molecule has 2 N–H and O–H groups in total. The van der Waals surface area contributed by atoms with Crippen molar-refractivity contribution < 1.29 is 0 Å². The Morgan fingerprint density at radius 2 is 2.10 bits per heavy atom. The number of H-pyrrole nitrogens is 1. The molecule has 0 radical (unpaired) electrons. The van der Waals surface area contributed by atoms with Crippen LogP contribution in [0.25, 0.3) is 0 Å². The molecule has 20 heavy (non-hydrogen) atoms. The molecule has 0 amide bonds. The Morgan fingerprint density at radius 3 is 2.80 bits per heavy atom. The lowest BCUT2D eigenvalue weighted by Crippen LogP contribution is -2.21. The first-order chi connectivity index (χ1) is 9.70. The predicted octanol–water partition coefficient (Wildman–Crippen LogP) is 2.69. The minimum absolute atomic E-state index is 0.0729. The summed E-state index contributed by atoms with van der Waals surface area (Å²) in [6.07, 6.45) is 3.17. The van der Waals surface area contributed by atoms with Gasteiger partial charge in [-0.2, -0.15) is 0 Å². The van der Waals surface area contributed by atoms with Gasteiger partial charge < -0.3 is 10.3 Å². The quantitative estimate of drug-likeness (QED) is 0.877. The molecular weight excluding hydrogens is 250 g/mol. The maximum Gasteiger partial charge on any atom is 0.252 e. The van der Waals surface area contributed by atoms with Gasteiger partial charge in [-0.15, -0.1) is 0 Å². The van der Waals surface area contributed by atoms with Crippen molar-refractivity contribution in [2.24, 2.45) is 0 Å². The number of aromatic nitrogens is 2. The molecule has 4 nitrogen and oxygen atoms in total. The van der Waals surface area contributed by atoms with Crippen molar-refractivity contribution in [1.82, 2.24) is 9.97 Å². The molecule has 1 saturated carbocycles. The summed E-state index contributed by atoms with van der Waals surface area (Å²) in [6.45, 7) is 2.10. The van der Waals surface area contributed by atoms with Crippen molar-refractivity contribution in [3.8, 4) is 0 Å². The molecule has 1 fully saturated rings. The van der Waals surface area contributed by atoms with Gasteiger partial charge in [0.05, 0.1) is 0 Å². The molecule has 0 saturated heterocycles. The molecule has 2 aromatic rings. The number of rotatable bonds is 5. The molecule has 1 aliphatic rings. The number of hydrogen-bond acceptors (Lipinski definition) is 3. The fourth-order valence-electron chi connectivity index (χ4n) is 2.37. The summed E-state index contributed by atoms with van der Waals surface area (Å²) >= 11 is 0. The van der Waals surface area contributed by atoms with Gasteiger partial charge >= 0.3 is 0 Å². The van der Waals surface area contributed by atoms with E-state index in [2.05, 4.69) is 34.3 Å². The van der Waals surface area contributed by atoms with Gasteiger partial charge in [-0.3, -0.25) is 4.79 Å². The standard InChI is InChI=1S/C16H19N3O/c1-11(9-12-5-3-2-4-6-12)17-14-10-15(20)19-16(18-14)13-7-8-13/h2-6,10-11,13H,7-9H2,1H3,(H2,17,18,19,20). The highest BCUT2D eigenvalue weighted by atomic mass is 16.1. The van der Waals surface area contributed by atoms with E-state index in [4.69, 9.17) is 0 Å². The Bertz CT molecular complexity index is 632. The zero-order valence-electron chi connectivity index (χ0n) is 11.6. The normalized spacial score (nSPS) is 15.8. The summed E-state index contributed by atoms with van der Waals surface area (Å²) in [5.74, 6) is 1.96. The highest BCUT2D eigenvalue weighted by Gasteiger charge is 2.26. The first-order valence-corrected chi connectivity index (χ1v) is 7.12. The summed E-state index contributed by atoms with van der Waals surface area (Å²) in [7, 11) is 0. The van der Waals surface area contributed by atoms with Crippen molar-refractivity contribution >= 4 is 5.82 Å². The number of nitrogens with one attached hydrogen (secondary N) is 2. The number of anilines is 1. The second kappa shape index (κ2) is 5.49. The molecule has 1 aliphatic carbocycles. The molecule has 0 aliphatic heterocycles. The van der Waals surface area contributed by atoms with Crippen LogP contribution in [0.2, 0.25) is 0 Å². The lowest BCUT2D eigenvalue weighted by Gasteiger charge is -2.15. The zero-order valence-corrected chi connectivity index (χ0v) is 11.6. The lowest BCUT2D eigenvalue weighted by molar-refractivity contribution is 0.777. The van der Waals surface area contributed by atoms with Crippen LogP contribution in [0.15, 0.2) is 41.2 Å². The highest BCUT2D eigenvalue weighted by molar-refractivity contribution is 5.35. The van der Waals surface area contributed by atoms with Crippen molar-refractivity contribution in [1.29, 1.82) is 0 Å². The average Bonchev–Trinajstić information content (AvgIpc) is 3.23. The second-order valence-corrected chi connectivity index (χ2v) is 5.53. The average molecular weight is 269 g/mol. The van der Waals surface area contributed by atoms with Gasteiger partial charge in [-0.25, -0.2) is 4.98 Å². The molecule has 1 aromatic carbocycles. The number of hydrogen-bond donors (Lipinski definition) is 2. The van der Waals surface area contributed by atoms with Gasteiger partial charge in [0.1, 0.15) is 11.6 Å². The Balaban J connectivity index is 1.69.